The Balaban J connectivity index is 0.00000121. The number of aromatic nitrogens is 1. The van der Waals surface area contributed by atoms with Crippen LogP contribution >= 0.6 is 36.2 Å². The molecule has 2 aromatic rings. The molecule has 22 heavy (non-hydrogen) atoms. The molecule has 0 saturated heterocycles. The van der Waals surface area contributed by atoms with Crippen LogP contribution in [0.25, 0.3) is 0 Å². The third-order valence-electron chi connectivity index (χ3n) is 3.41. The zero-order chi connectivity index (χ0) is 14.1. The molecule has 1 aliphatic heterocycles. The summed E-state index contributed by atoms with van der Waals surface area (Å²) >= 11 is 1.26. The average molecular weight is 364 g/mol. The maximum atomic E-state index is 14.4. The molecule has 0 aliphatic carbocycles. The molecule has 1 amide bonds. The predicted molar refractivity (Wildman–Crippen MR) is 91.1 cm³/mol. The average Bonchev–Trinajstić information content (AvgIpc) is 2.88. The van der Waals surface area contributed by atoms with Gasteiger partial charge in [-0.2, -0.15) is 0 Å². The van der Waals surface area contributed by atoms with Gasteiger partial charge in [0.15, 0.2) is 0 Å². The number of amides is 1. The van der Waals surface area contributed by atoms with E-state index in [1.54, 1.807) is 18.5 Å². The molecule has 120 valence electrons. The molecule has 8 heteroatoms. The molecule has 2 N–H and O–H groups in total. The summed E-state index contributed by atoms with van der Waals surface area (Å²) in [5.74, 6) is -0.627. The van der Waals surface area contributed by atoms with E-state index in [1.165, 1.54) is 11.3 Å². The van der Waals surface area contributed by atoms with E-state index in [0.29, 0.717) is 29.1 Å². The van der Waals surface area contributed by atoms with Gasteiger partial charge in [-0.1, -0.05) is 6.07 Å². The topological polar surface area (TPSA) is 54.0 Å². The van der Waals surface area contributed by atoms with Crippen LogP contribution in [-0.2, 0) is 13.0 Å². The minimum absolute atomic E-state index is 0. The van der Waals surface area contributed by atoms with E-state index in [2.05, 4.69) is 15.6 Å². The van der Waals surface area contributed by atoms with Crippen molar-refractivity contribution >= 4 is 47.7 Å². The first-order valence-electron chi connectivity index (χ1n) is 6.39. The molecular formula is C14H16Cl2FN3OS. The molecule has 0 radical (unpaired) electrons. The smallest absolute Gasteiger partial charge is 0.267 e. The zero-order valence-corrected chi connectivity index (χ0v) is 14.3. The Kier molecular flexibility index (Phi) is 6.74. The second-order valence-corrected chi connectivity index (χ2v) is 5.57. The van der Waals surface area contributed by atoms with E-state index in [-0.39, 0.29) is 42.2 Å². The SMILES string of the molecule is Cc1ncsc1C(=O)Nc1ccc2c(c1F)CCNC2.Cl.Cl. The first kappa shape index (κ1) is 18.8. The van der Waals surface area contributed by atoms with E-state index in [9.17, 15) is 9.18 Å². The summed E-state index contributed by atoms with van der Waals surface area (Å²) in [6.07, 6.45) is 0.643. The summed E-state index contributed by atoms with van der Waals surface area (Å²) in [5.41, 5.74) is 4.17. The number of anilines is 1. The van der Waals surface area contributed by atoms with Gasteiger partial charge in [0.2, 0.25) is 0 Å². The van der Waals surface area contributed by atoms with Gasteiger partial charge in [0, 0.05) is 6.54 Å². The van der Waals surface area contributed by atoms with Gasteiger partial charge >= 0.3 is 0 Å². The van der Waals surface area contributed by atoms with E-state index in [1.807, 2.05) is 6.07 Å². The molecule has 0 atom stereocenters. The van der Waals surface area contributed by atoms with Crippen LogP contribution in [0, 0.1) is 12.7 Å². The van der Waals surface area contributed by atoms with E-state index in [0.717, 1.165) is 12.1 Å². The maximum absolute atomic E-state index is 14.4. The molecule has 0 saturated carbocycles. The van der Waals surface area contributed by atoms with Crippen molar-refractivity contribution in [2.45, 2.75) is 19.9 Å². The van der Waals surface area contributed by atoms with Crippen molar-refractivity contribution < 1.29 is 9.18 Å². The molecule has 0 fully saturated rings. The molecule has 3 rings (SSSR count). The van der Waals surface area contributed by atoms with Gasteiger partial charge < -0.3 is 10.6 Å². The molecule has 2 heterocycles. The van der Waals surface area contributed by atoms with Gasteiger partial charge in [-0.15, -0.1) is 36.2 Å². The van der Waals surface area contributed by atoms with Gasteiger partial charge in [0.25, 0.3) is 5.91 Å². The minimum atomic E-state index is -0.320. The highest BCUT2D eigenvalue weighted by molar-refractivity contribution is 7.12. The number of halogens is 3. The van der Waals surface area contributed by atoms with Crippen molar-refractivity contribution in [1.82, 2.24) is 10.3 Å². The quantitative estimate of drug-likeness (QED) is 0.860. The lowest BCUT2D eigenvalue weighted by atomic mass is 9.99. The van der Waals surface area contributed by atoms with Gasteiger partial charge in [0.05, 0.1) is 16.9 Å². The number of fused-ring (bicyclic) bond motifs is 1. The van der Waals surface area contributed by atoms with Crippen molar-refractivity contribution in [3.05, 3.63) is 45.2 Å². The fourth-order valence-corrected chi connectivity index (χ4v) is 3.03. The fraction of sp³-hybridized carbons (Fsp3) is 0.286. The van der Waals surface area contributed by atoms with Crippen molar-refractivity contribution in [2.75, 3.05) is 11.9 Å². The Hall–Kier alpha value is -1.21. The van der Waals surface area contributed by atoms with Crippen LogP contribution < -0.4 is 10.6 Å². The van der Waals surface area contributed by atoms with Gasteiger partial charge in [-0.25, -0.2) is 9.37 Å². The third kappa shape index (κ3) is 3.57. The van der Waals surface area contributed by atoms with E-state index >= 15 is 0 Å². The predicted octanol–water partition coefficient (Wildman–Crippen LogP) is 3.33. The van der Waals surface area contributed by atoms with Gasteiger partial charge in [-0.05, 0) is 37.1 Å². The third-order valence-corrected chi connectivity index (χ3v) is 4.33. The summed E-state index contributed by atoms with van der Waals surface area (Å²) < 4.78 is 14.4. The molecule has 4 nitrogen and oxygen atoms in total. The monoisotopic (exact) mass is 363 g/mol. The number of aryl methyl sites for hydroxylation is 1. The Morgan fingerprint density at radius 2 is 2.18 bits per heavy atom. The number of nitrogens with one attached hydrogen (secondary N) is 2. The molecule has 1 aromatic carbocycles. The lowest BCUT2D eigenvalue weighted by molar-refractivity contribution is 0.102. The summed E-state index contributed by atoms with van der Waals surface area (Å²) in [6, 6.07) is 3.48. The molecule has 1 aliphatic rings. The Morgan fingerprint density at radius 3 is 2.86 bits per heavy atom. The highest BCUT2D eigenvalue weighted by Crippen LogP contribution is 2.25. The number of benzene rings is 1. The van der Waals surface area contributed by atoms with Crippen molar-refractivity contribution in [1.29, 1.82) is 0 Å². The van der Waals surface area contributed by atoms with Crippen molar-refractivity contribution in [3.63, 3.8) is 0 Å². The number of hydrogen-bond donors (Lipinski definition) is 2. The van der Waals surface area contributed by atoms with Crippen molar-refractivity contribution in [3.8, 4) is 0 Å². The first-order chi connectivity index (χ1) is 9.66. The number of nitrogens with zero attached hydrogens (tertiary/aromatic N) is 1. The summed E-state index contributed by atoms with van der Waals surface area (Å²) in [7, 11) is 0. The largest absolute Gasteiger partial charge is 0.319 e. The molecule has 0 bridgehead atoms. The van der Waals surface area contributed by atoms with Crippen LogP contribution in [-0.4, -0.2) is 17.4 Å². The molecule has 0 unspecified atom stereocenters. The van der Waals surface area contributed by atoms with Crippen LogP contribution in [0.2, 0.25) is 0 Å². The van der Waals surface area contributed by atoms with Crippen LogP contribution in [0.3, 0.4) is 0 Å². The number of carbonyl (C=O) groups excluding carboxylic acids is 1. The second-order valence-electron chi connectivity index (χ2n) is 4.71. The number of thiazole rings is 1. The zero-order valence-electron chi connectivity index (χ0n) is 11.8. The van der Waals surface area contributed by atoms with Crippen LogP contribution in [0.5, 0.6) is 0 Å². The molecular weight excluding hydrogens is 348 g/mol. The Morgan fingerprint density at radius 1 is 1.41 bits per heavy atom. The van der Waals surface area contributed by atoms with Crippen LogP contribution in [0.1, 0.15) is 26.5 Å². The standard InChI is InChI=1S/C14H14FN3OS.2ClH/c1-8-13(20-7-17-8)14(19)18-11-3-2-9-6-16-5-4-10(9)12(11)15;;/h2-3,7,16H,4-6H2,1H3,(H,18,19);2*1H. The minimum Gasteiger partial charge on any atom is -0.319 e. The molecule has 0 spiro atoms. The highest BCUT2D eigenvalue weighted by atomic mass is 35.5. The van der Waals surface area contributed by atoms with E-state index in [4.69, 9.17) is 0 Å². The maximum Gasteiger partial charge on any atom is 0.267 e. The normalized spacial score (nSPS) is 12.6. The van der Waals surface area contributed by atoms with Crippen molar-refractivity contribution in [2.24, 2.45) is 0 Å². The summed E-state index contributed by atoms with van der Waals surface area (Å²) in [4.78, 5) is 16.6. The summed E-state index contributed by atoms with van der Waals surface area (Å²) in [6.45, 7) is 3.20. The first-order valence-corrected chi connectivity index (χ1v) is 7.27. The summed E-state index contributed by atoms with van der Waals surface area (Å²) in [5, 5.41) is 5.84. The van der Waals surface area contributed by atoms with Crippen LogP contribution in [0.4, 0.5) is 10.1 Å². The van der Waals surface area contributed by atoms with Crippen LogP contribution in [0.15, 0.2) is 17.6 Å². The lowest BCUT2D eigenvalue weighted by Crippen LogP contribution is -2.25. The van der Waals surface area contributed by atoms with E-state index < -0.39 is 0 Å². The molecule has 1 aromatic heterocycles. The number of rotatable bonds is 2. The Labute approximate surface area is 144 Å². The van der Waals surface area contributed by atoms with Gasteiger partial charge in [-0.3, -0.25) is 4.79 Å². The second kappa shape index (κ2) is 7.87. The number of carbonyl (C=O) groups is 1. The fourth-order valence-electron chi connectivity index (χ4n) is 2.33. The lowest BCUT2D eigenvalue weighted by Gasteiger charge is -2.19. The highest BCUT2D eigenvalue weighted by Gasteiger charge is 2.19. The number of hydrogen-bond acceptors (Lipinski definition) is 4. The van der Waals surface area contributed by atoms with Gasteiger partial charge in [0.1, 0.15) is 10.7 Å². The Bertz CT molecular complexity index is 678.